The molecule has 1 aromatic carbocycles. The van der Waals surface area contributed by atoms with E-state index in [2.05, 4.69) is 63.1 Å². The molecule has 4 rings (SSSR count). The Hall–Kier alpha value is -7.21. The van der Waals surface area contributed by atoms with Gasteiger partial charge in [-0.25, -0.2) is 4.98 Å². The highest BCUT2D eigenvalue weighted by atomic mass is 33.1. The van der Waals surface area contributed by atoms with Crippen LogP contribution in [0.15, 0.2) is 53.7 Å². The number of carboxylic acid groups (broad SMARTS) is 1. The first-order valence-electron chi connectivity index (χ1n) is 23.5. The van der Waals surface area contributed by atoms with Crippen LogP contribution in [0.25, 0.3) is 0 Å². The summed E-state index contributed by atoms with van der Waals surface area (Å²) in [5.74, 6) is -12.1. The summed E-state index contributed by atoms with van der Waals surface area (Å²) in [5, 5.41) is 35.1. The van der Waals surface area contributed by atoms with Crippen LogP contribution < -0.4 is 64.6 Å². The molecule has 0 radical (unpaired) electrons. The number of nitrogens with zero attached hydrogens (tertiary/aromatic N) is 2. The number of guanidine groups is 1. The Bertz CT molecular complexity index is 2390. The molecule has 2 aliphatic heterocycles. The molecule has 26 nitrogen and oxygen atoms in total. The number of nitrogens with one attached hydrogen (secondary N) is 10. The minimum atomic E-state index is -1.79. The number of carboxylic acids is 1. The number of halogens is 1. The molecule has 2 aromatic rings. The van der Waals surface area contributed by atoms with Gasteiger partial charge >= 0.3 is 5.97 Å². The highest BCUT2D eigenvalue weighted by Crippen LogP contribution is 2.24. The fraction of sp³-hybridized carbons (Fsp3) is 0.489. The number of pyridine rings is 1. The summed E-state index contributed by atoms with van der Waals surface area (Å²) in [7, 11) is 3.18. The summed E-state index contributed by atoms with van der Waals surface area (Å²) in [6.07, 6.45) is 0.467. The summed E-state index contributed by atoms with van der Waals surface area (Å²) in [4.78, 5) is 156. The molecule has 2 fully saturated rings. The van der Waals surface area contributed by atoms with Crippen molar-refractivity contribution in [1.82, 2.24) is 58.2 Å². The molecule has 30 heteroatoms. The quantitative estimate of drug-likeness (QED) is 0.0268. The van der Waals surface area contributed by atoms with Crippen LogP contribution in [0.5, 0.6) is 0 Å². The zero-order chi connectivity index (χ0) is 54.9. The number of amides is 10. The van der Waals surface area contributed by atoms with Gasteiger partial charge in [-0.1, -0.05) is 51.9 Å². The Morgan fingerprint density at radius 3 is 1.96 bits per heavy atom. The average molecular weight is 1110 g/mol. The summed E-state index contributed by atoms with van der Waals surface area (Å²) in [5.41, 5.74) is 11.6. The van der Waals surface area contributed by atoms with Crippen molar-refractivity contribution in [2.24, 2.45) is 16.5 Å². The van der Waals surface area contributed by atoms with Gasteiger partial charge in [-0.05, 0) is 49.8 Å². The Labute approximate surface area is 442 Å². The highest BCUT2D eigenvalue weighted by molar-refractivity contribution is 8.76. The molecule has 2 bridgehead atoms. The van der Waals surface area contributed by atoms with Crippen LogP contribution in [0.3, 0.4) is 0 Å². The van der Waals surface area contributed by atoms with Crippen LogP contribution in [-0.2, 0) is 54.4 Å². The molecule has 0 saturated carbocycles. The molecular formula is C45H61FN14O12S3. The Kier molecular flexibility index (Phi) is 25.3. The first-order chi connectivity index (χ1) is 35.8. The number of aliphatic carboxylic acids is 1. The molecule has 10 amide bonds. The van der Waals surface area contributed by atoms with Gasteiger partial charge < -0.3 is 69.7 Å². The number of hydrogen-bond donors (Lipinski definition) is 13. The Balaban J connectivity index is 1.74. The summed E-state index contributed by atoms with van der Waals surface area (Å²) in [6.45, 7) is -0.703. The van der Waals surface area contributed by atoms with Crippen LogP contribution in [0.1, 0.15) is 54.4 Å². The van der Waals surface area contributed by atoms with E-state index < -0.39 is 126 Å². The van der Waals surface area contributed by atoms with Crippen molar-refractivity contribution in [3.05, 3.63) is 65.7 Å². The topological polar surface area (TPSA) is 406 Å². The molecule has 1 aromatic heterocycles. The Morgan fingerprint density at radius 2 is 1.33 bits per heavy atom. The van der Waals surface area contributed by atoms with E-state index in [-0.39, 0.29) is 86.1 Å². The maximum Gasteiger partial charge on any atom is 0.305 e. The largest absolute Gasteiger partial charge is 0.481 e. The van der Waals surface area contributed by atoms with Crippen LogP contribution in [0, 0.1) is 5.95 Å². The first-order valence-corrected chi connectivity index (χ1v) is 27.1. The van der Waals surface area contributed by atoms with Crippen molar-refractivity contribution in [3.8, 4) is 0 Å². The number of aliphatic imine (C=N–C) groups is 1. The van der Waals surface area contributed by atoms with Crippen LogP contribution in [0.4, 0.5) is 4.39 Å². The molecule has 2 aliphatic rings. The molecule has 0 aliphatic carbocycles. The monoisotopic (exact) mass is 1100 g/mol. The molecule has 3 heterocycles. The van der Waals surface area contributed by atoms with E-state index >= 15 is 0 Å². The van der Waals surface area contributed by atoms with Crippen molar-refractivity contribution in [3.63, 3.8) is 0 Å². The van der Waals surface area contributed by atoms with Crippen molar-refractivity contribution in [1.29, 1.82) is 0 Å². The van der Waals surface area contributed by atoms with Crippen LogP contribution in [0.2, 0.25) is 0 Å². The number of nitrogens with two attached hydrogens (primary N) is 2. The average Bonchev–Trinajstić information content (AvgIpc) is 3.37. The van der Waals surface area contributed by atoms with E-state index in [9.17, 15) is 62.2 Å². The lowest BCUT2D eigenvalue weighted by Gasteiger charge is -2.27. The number of benzene rings is 1. The van der Waals surface area contributed by atoms with Gasteiger partial charge in [0.15, 0.2) is 5.96 Å². The van der Waals surface area contributed by atoms with Gasteiger partial charge in [0, 0.05) is 50.0 Å². The minimum Gasteiger partial charge on any atom is -0.481 e. The van der Waals surface area contributed by atoms with Gasteiger partial charge in [-0.15, -0.1) is 11.8 Å². The number of fused-ring (bicyclic) bond motifs is 5. The number of carbonyl (C=O) groups is 11. The third-order valence-corrected chi connectivity index (χ3v) is 14.5. The fourth-order valence-corrected chi connectivity index (χ4v) is 10.3. The predicted octanol–water partition coefficient (Wildman–Crippen LogP) is -3.71. The molecular weight excluding hydrogens is 1040 g/mol. The van der Waals surface area contributed by atoms with E-state index in [4.69, 9.17) is 11.5 Å². The number of likely N-dealkylation sites (N-methyl/N-ethyl adjacent to an activating group) is 1. The summed E-state index contributed by atoms with van der Waals surface area (Å²) in [6, 6.07) is 0.576. The van der Waals surface area contributed by atoms with E-state index in [0.717, 1.165) is 45.6 Å². The second-order valence-corrected chi connectivity index (χ2v) is 20.4. The second-order valence-electron chi connectivity index (χ2n) is 16.8. The lowest BCUT2D eigenvalue weighted by molar-refractivity contribution is -0.141. The molecule has 0 spiro atoms. The van der Waals surface area contributed by atoms with Crippen molar-refractivity contribution in [2.45, 2.75) is 87.2 Å². The third-order valence-electron chi connectivity index (χ3n) is 11.0. The first kappa shape index (κ1) is 60.3. The highest BCUT2D eigenvalue weighted by Gasteiger charge is 2.35. The van der Waals surface area contributed by atoms with Crippen LogP contribution >= 0.6 is 33.3 Å². The van der Waals surface area contributed by atoms with E-state index in [1.54, 1.807) is 30.3 Å². The number of carbonyl (C=O) groups excluding carboxylic acids is 10. The molecule has 75 heavy (non-hydrogen) atoms. The molecule has 2 saturated heterocycles. The van der Waals surface area contributed by atoms with Crippen molar-refractivity contribution >= 4 is 104 Å². The zero-order valence-electron chi connectivity index (χ0n) is 40.6. The number of rotatable bonds is 15. The van der Waals surface area contributed by atoms with Crippen LogP contribution in [-0.4, -0.2) is 173 Å². The Morgan fingerprint density at radius 1 is 0.720 bits per heavy atom. The van der Waals surface area contributed by atoms with E-state index in [1.165, 1.54) is 13.1 Å². The maximum absolute atomic E-state index is 14.3. The lowest BCUT2D eigenvalue weighted by atomic mass is 10.0. The van der Waals surface area contributed by atoms with Crippen molar-refractivity contribution in [2.75, 3.05) is 49.7 Å². The van der Waals surface area contributed by atoms with Gasteiger partial charge in [0.25, 0.3) is 5.91 Å². The number of thioether (sulfide) groups is 1. The lowest BCUT2D eigenvalue weighted by Crippen LogP contribution is -2.60. The van der Waals surface area contributed by atoms with Gasteiger partial charge in [0.1, 0.15) is 42.3 Å². The van der Waals surface area contributed by atoms with Gasteiger partial charge in [-0.2, -0.15) is 4.39 Å². The normalized spacial score (nSPS) is 23.0. The number of unbranched alkanes of at least 4 members (excludes halogenated alkanes) is 1. The molecule has 408 valence electrons. The standard InChI is InChI=1S/C45H61FN14O12S3/c1-49-38(66)30-20-73-23-35(62)54-27(10-5-6-14-50-37(65)25-12-13-33(46)52-18-25)40(68)59-31-21-74-75-22-32(44(72)57-28(41(69)58-30)16-24-8-3-2-4-9-24)60-42(70)29(17-36(63)64)55-34(61)19-53-39(67)26(56-43(31)71)11-7-15-51-45(47)48/h2-4,8-9,12-13,18,26-32H,5-7,10-11,14-17,19-23H2,1H3,(H,49,66)(H,50,65)(H,53,67)(H,54,62)(H,55,61)(H,56,71)(H,57,72)(H,58,69)(H,59,68)(H,60,70)(H,63,64)(H4,47,48,51)/t26-,27-,28-,29-,30-,31-,32-/m0/s1. The predicted molar refractivity (Wildman–Crippen MR) is 276 cm³/mol. The zero-order valence-corrected chi connectivity index (χ0v) is 43.1. The second kappa shape index (κ2) is 31.5. The van der Waals surface area contributed by atoms with Gasteiger partial charge in [0.05, 0.1) is 24.3 Å². The summed E-state index contributed by atoms with van der Waals surface area (Å²) >= 11 is 0.924. The van der Waals surface area contributed by atoms with E-state index in [1.807, 2.05) is 0 Å². The third kappa shape index (κ3) is 21.7. The smallest absolute Gasteiger partial charge is 0.305 e. The number of hydrogen-bond acceptors (Lipinski definition) is 16. The maximum atomic E-state index is 14.3. The molecule has 0 unspecified atom stereocenters. The van der Waals surface area contributed by atoms with Gasteiger partial charge in [0.2, 0.25) is 59.1 Å². The molecule has 7 atom stereocenters. The minimum absolute atomic E-state index is 0.0206. The van der Waals surface area contributed by atoms with Gasteiger partial charge in [-0.3, -0.25) is 57.7 Å². The van der Waals surface area contributed by atoms with Crippen molar-refractivity contribution < 1.29 is 62.2 Å². The molecule has 15 N–H and O–H groups in total. The number of aromatic nitrogens is 1. The SMILES string of the molecule is CNC(=O)[C@@H]1CSCC(=O)N[C@@H](CCCCNC(=O)c2ccc(F)nc2)C(=O)N[C@H]2CSSC[C@H](NC(=O)[C@H](CC(=O)O)NC(=O)CNC(=O)[C@H](CCCN=C(N)N)NC2=O)C(=O)N[C@@H](Cc2ccccc2)C(=O)N1. The fourth-order valence-electron chi connectivity index (χ4n) is 7.13. The van der Waals surface area contributed by atoms with E-state index in [0.29, 0.717) is 5.56 Å². The summed E-state index contributed by atoms with van der Waals surface area (Å²) < 4.78 is 13.3.